The molecule has 0 atom stereocenters. The molecule has 22 heavy (non-hydrogen) atoms. The lowest BCUT2D eigenvalue weighted by atomic mass is 10.1. The van der Waals surface area contributed by atoms with Gasteiger partial charge in [-0.1, -0.05) is 57.6 Å². The predicted octanol–water partition coefficient (Wildman–Crippen LogP) is 6.82. The highest BCUT2D eigenvalue weighted by atomic mass is 35.5. The molecule has 0 saturated carbocycles. The zero-order valence-corrected chi connectivity index (χ0v) is 15.3. The van der Waals surface area contributed by atoms with Crippen LogP contribution in [0.15, 0.2) is 30.0 Å². The van der Waals surface area contributed by atoms with Crippen molar-refractivity contribution in [2.75, 3.05) is 19.1 Å². The summed E-state index contributed by atoms with van der Waals surface area (Å²) in [6.45, 7) is 3.72. The molecule has 0 radical (unpaired) electrons. The van der Waals surface area contributed by atoms with E-state index in [4.69, 9.17) is 16.3 Å². The van der Waals surface area contributed by atoms with Crippen LogP contribution < -0.4 is 0 Å². The van der Waals surface area contributed by atoms with E-state index in [0.717, 1.165) is 31.7 Å². The molecule has 0 aromatic rings. The second-order valence-corrected chi connectivity index (χ2v) is 6.03. The molecule has 1 nitrogen and oxygen atoms in total. The number of hydrogen-bond acceptors (Lipinski definition) is 1. The van der Waals surface area contributed by atoms with Crippen molar-refractivity contribution >= 4 is 11.6 Å². The molecule has 0 aliphatic heterocycles. The minimum atomic E-state index is 0.656. The fraction of sp³-hybridized carbons (Fsp3) is 0.750. The third-order valence-corrected chi connectivity index (χ3v) is 3.76. The van der Waals surface area contributed by atoms with Crippen LogP contribution in [0, 0.1) is 0 Å². The summed E-state index contributed by atoms with van der Waals surface area (Å²) in [5.74, 6) is 0.722. The Labute approximate surface area is 143 Å². The van der Waals surface area contributed by atoms with Gasteiger partial charge in [0.1, 0.15) is 0 Å². The molecule has 0 N–H and O–H groups in total. The lowest BCUT2D eigenvalue weighted by Crippen LogP contribution is -1.91. The van der Waals surface area contributed by atoms with E-state index in [0.29, 0.717) is 6.61 Å². The van der Waals surface area contributed by atoms with Gasteiger partial charge in [0, 0.05) is 5.88 Å². The predicted molar refractivity (Wildman–Crippen MR) is 99.8 cm³/mol. The van der Waals surface area contributed by atoms with Crippen molar-refractivity contribution in [1.82, 2.24) is 0 Å². The molecule has 0 bridgehead atoms. The van der Waals surface area contributed by atoms with Gasteiger partial charge in [0.05, 0.1) is 13.2 Å². The van der Waals surface area contributed by atoms with E-state index in [9.17, 15) is 0 Å². The van der Waals surface area contributed by atoms with Gasteiger partial charge in [-0.2, -0.15) is 0 Å². The smallest absolute Gasteiger partial charge is 0.0721 e. The number of alkyl halides is 1. The second-order valence-electron chi connectivity index (χ2n) is 5.65. The van der Waals surface area contributed by atoms with Crippen LogP contribution >= 0.6 is 11.6 Å². The van der Waals surface area contributed by atoms with Crippen LogP contribution in [0.3, 0.4) is 0 Å². The number of hydrogen-bond donors (Lipinski definition) is 0. The molecule has 0 unspecified atom stereocenters. The zero-order valence-electron chi connectivity index (χ0n) is 14.5. The maximum absolute atomic E-state index is 5.59. The van der Waals surface area contributed by atoms with Crippen LogP contribution in [-0.4, -0.2) is 19.1 Å². The number of rotatable bonds is 16. The highest BCUT2D eigenvalue weighted by Crippen LogP contribution is 2.08. The number of halogens is 1. The SMILES string of the molecule is CCCCCCCCCC=CCCOCC=C=CCCCCl. The molecule has 128 valence electrons. The molecule has 0 heterocycles. The summed E-state index contributed by atoms with van der Waals surface area (Å²) >= 11 is 5.59. The van der Waals surface area contributed by atoms with Gasteiger partial charge in [0.2, 0.25) is 0 Å². The lowest BCUT2D eigenvalue weighted by molar-refractivity contribution is 0.167. The van der Waals surface area contributed by atoms with Crippen molar-refractivity contribution in [2.24, 2.45) is 0 Å². The summed E-state index contributed by atoms with van der Waals surface area (Å²) in [4.78, 5) is 0. The number of allylic oxidation sites excluding steroid dienone is 1. The molecule has 0 aliphatic carbocycles. The molecule has 0 aromatic carbocycles. The third-order valence-electron chi connectivity index (χ3n) is 3.49. The first kappa shape index (κ1) is 21.5. The normalized spacial score (nSPS) is 10.8. The molecule has 2 heteroatoms. The van der Waals surface area contributed by atoms with Crippen molar-refractivity contribution in [3.05, 3.63) is 30.0 Å². The van der Waals surface area contributed by atoms with Crippen LogP contribution in [0.5, 0.6) is 0 Å². The highest BCUT2D eigenvalue weighted by Gasteiger charge is 1.89. The Hall–Kier alpha value is -0.490. The topological polar surface area (TPSA) is 9.23 Å². The minimum Gasteiger partial charge on any atom is -0.376 e. The Morgan fingerprint density at radius 1 is 0.818 bits per heavy atom. The Balaban J connectivity index is 3.19. The molecule has 0 rings (SSSR count). The van der Waals surface area contributed by atoms with Gasteiger partial charge in [-0.15, -0.1) is 17.3 Å². The first-order valence-corrected chi connectivity index (χ1v) is 9.63. The summed E-state index contributed by atoms with van der Waals surface area (Å²) in [7, 11) is 0. The van der Waals surface area contributed by atoms with Gasteiger partial charge in [-0.25, -0.2) is 0 Å². The zero-order chi connectivity index (χ0) is 16.1. The molecular formula is C20H35ClO. The lowest BCUT2D eigenvalue weighted by Gasteiger charge is -1.99. The van der Waals surface area contributed by atoms with E-state index in [1.165, 1.54) is 51.4 Å². The second kappa shape index (κ2) is 20.5. The first-order valence-electron chi connectivity index (χ1n) is 9.10. The minimum absolute atomic E-state index is 0.656. The average Bonchev–Trinajstić information content (AvgIpc) is 2.54. The molecule has 0 saturated heterocycles. The summed E-state index contributed by atoms with van der Waals surface area (Å²) in [5, 5.41) is 0. The largest absolute Gasteiger partial charge is 0.376 e. The van der Waals surface area contributed by atoms with Crippen molar-refractivity contribution in [2.45, 2.75) is 77.6 Å². The molecule has 0 amide bonds. The van der Waals surface area contributed by atoms with E-state index in [2.05, 4.69) is 24.8 Å². The van der Waals surface area contributed by atoms with E-state index in [1.54, 1.807) is 0 Å². The van der Waals surface area contributed by atoms with Crippen LogP contribution in [0.1, 0.15) is 77.6 Å². The molecule has 0 aromatic heterocycles. The van der Waals surface area contributed by atoms with Gasteiger partial charge < -0.3 is 4.74 Å². The standard InChI is InChI=1S/C20H35ClO/c1-2-3-4-5-6-7-8-9-10-13-16-19-22-20-17-14-11-12-15-18-21/h10-11,13,17H,2-9,12,15-16,18-20H2,1H3. The van der Waals surface area contributed by atoms with Crippen LogP contribution in [0.4, 0.5) is 0 Å². The first-order chi connectivity index (χ1) is 10.9. The van der Waals surface area contributed by atoms with Crippen molar-refractivity contribution in [3.8, 4) is 0 Å². The van der Waals surface area contributed by atoms with Gasteiger partial charge in [0.15, 0.2) is 0 Å². The average molecular weight is 327 g/mol. The van der Waals surface area contributed by atoms with Gasteiger partial charge >= 0.3 is 0 Å². The maximum Gasteiger partial charge on any atom is 0.0721 e. The van der Waals surface area contributed by atoms with E-state index < -0.39 is 0 Å². The van der Waals surface area contributed by atoms with Gasteiger partial charge in [-0.05, 0) is 44.3 Å². The van der Waals surface area contributed by atoms with Gasteiger partial charge in [-0.3, -0.25) is 0 Å². The fourth-order valence-corrected chi connectivity index (χ4v) is 2.30. The van der Waals surface area contributed by atoms with Crippen molar-refractivity contribution < 1.29 is 4.74 Å². The van der Waals surface area contributed by atoms with E-state index in [-0.39, 0.29) is 0 Å². The Kier molecular flexibility index (Phi) is 20.1. The van der Waals surface area contributed by atoms with Crippen molar-refractivity contribution in [3.63, 3.8) is 0 Å². The maximum atomic E-state index is 5.59. The quantitative estimate of drug-likeness (QED) is 0.131. The van der Waals surface area contributed by atoms with Crippen LogP contribution in [0.2, 0.25) is 0 Å². The molecular weight excluding hydrogens is 292 g/mol. The summed E-state index contributed by atoms with van der Waals surface area (Å²) in [6, 6.07) is 0. The third kappa shape index (κ3) is 19.5. The van der Waals surface area contributed by atoms with Gasteiger partial charge in [0.25, 0.3) is 0 Å². The molecule has 0 spiro atoms. The number of ether oxygens (including phenoxy) is 1. The Morgan fingerprint density at radius 2 is 1.55 bits per heavy atom. The summed E-state index contributed by atoms with van der Waals surface area (Å²) in [6.07, 6.45) is 22.5. The van der Waals surface area contributed by atoms with E-state index in [1.807, 2.05) is 12.2 Å². The Morgan fingerprint density at radius 3 is 2.32 bits per heavy atom. The molecule has 0 fully saturated rings. The van der Waals surface area contributed by atoms with E-state index >= 15 is 0 Å². The fourth-order valence-electron chi connectivity index (χ4n) is 2.14. The molecule has 0 aliphatic rings. The summed E-state index contributed by atoms with van der Waals surface area (Å²) in [5.41, 5.74) is 3.11. The van der Waals surface area contributed by atoms with Crippen LogP contribution in [0.25, 0.3) is 0 Å². The highest BCUT2D eigenvalue weighted by molar-refractivity contribution is 6.17. The van der Waals surface area contributed by atoms with Crippen molar-refractivity contribution in [1.29, 1.82) is 0 Å². The monoisotopic (exact) mass is 326 g/mol. The van der Waals surface area contributed by atoms with Crippen LogP contribution in [-0.2, 0) is 4.74 Å². The summed E-state index contributed by atoms with van der Waals surface area (Å²) < 4.78 is 5.51. The number of unbranched alkanes of at least 4 members (excludes halogenated alkanes) is 8. The Bertz CT molecular complexity index is 290.